The molecule has 0 aliphatic carbocycles. The van der Waals surface area contributed by atoms with Crippen molar-refractivity contribution in [3.05, 3.63) is 41.0 Å². The lowest BCUT2D eigenvalue weighted by atomic mass is 10.0. The van der Waals surface area contributed by atoms with Crippen LogP contribution in [0.5, 0.6) is 5.75 Å². The van der Waals surface area contributed by atoms with Crippen LogP contribution in [-0.2, 0) is 32.0 Å². The predicted octanol–water partition coefficient (Wildman–Crippen LogP) is 0.374. The van der Waals surface area contributed by atoms with Crippen molar-refractivity contribution in [1.29, 1.82) is 0 Å². The Hall–Kier alpha value is -2.76. The van der Waals surface area contributed by atoms with Crippen LogP contribution >= 0.6 is 0 Å². The van der Waals surface area contributed by atoms with Gasteiger partial charge in [0.05, 0.1) is 51.2 Å². The summed E-state index contributed by atoms with van der Waals surface area (Å²) in [7, 11) is 0. The lowest BCUT2D eigenvalue weighted by Gasteiger charge is -2.35. The van der Waals surface area contributed by atoms with E-state index in [1.807, 2.05) is 0 Å². The molecule has 1 saturated heterocycles. The third-order valence-electron chi connectivity index (χ3n) is 5.26. The highest BCUT2D eigenvalue weighted by atomic mass is 19.2. The molecule has 0 unspecified atom stereocenters. The van der Waals surface area contributed by atoms with E-state index < -0.39 is 78.4 Å². The maximum atomic E-state index is 13.5. The van der Waals surface area contributed by atoms with Crippen molar-refractivity contribution in [1.82, 2.24) is 15.0 Å². The van der Waals surface area contributed by atoms with Crippen molar-refractivity contribution >= 4 is 5.97 Å². The lowest BCUT2D eigenvalue weighted by Crippen LogP contribution is -2.50. The first kappa shape index (κ1) is 28.8. The largest absolute Gasteiger partial charge is 0.420 e. The standard InChI is InChI=1S/C21H24F5N3O8/c22-15-16(23)18(25)21(19(26)17(15)24)37-13(32)2-4-34-6-3-29-8-10(27-28-29)1-5-35-14-7-11(31)20(33)12(9-30)36-14/h8,11-12,14,20,30-31,33H,1-7,9H2/t11-,12-,14-,20-/m1/s1. The first-order valence-electron chi connectivity index (χ1n) is 11.0. The lowest BCUT2D eigenvalue weighted by molar-refractivity contribution is -0.256. The molecule has 4 atom stereocenters. The van der Waals surface area contributed by atoms with Crippen LogP contribution in [0.15, 0.2) is 6.20 Å². The molecule has 0 saturated carbocycles. The van der Waals surface area contributed by atoms with E-state index >= 15 is 0 Å². The van der Waals surface area contributed by atoms with Gasteiger partial charge in [-0.2, -0.15) is 8.78 Å². The van der Waals surface area contributed by atoms with E-state index in [0.29, 0.717) is 12.1 Å². The SMILES string of the molecule is O=C(CCOCCn1cc(CCO[C@H]2C[C@@H](O)[C@@H](O)[C@@H](CO)O2)nn1)Oc1c(F)c(F)c(F)c(F)c1F. The molecule has 11 nitrogen and oxygen atoms in total. The van der Waals surface area contributed by atoms with Gasteiger partial charge in [0.2, 0.25) is 34.8 Å². The molecule has 0 radical (unpaired) electrons. The fraction of sp³-hybridized carbons (Fsp3) is 0.571. The highest BCUT2D eigenvalue weighted by Crippen LogP contribution is 2.29. The van der Waals surface area contributed by atoms with Crippen LogP contribution in [0.3, 0.4) is 0 Å². The summed E-state index contributed by atoms with van der Waals surface area (Å²) in [5.74, 6) is -14.3. The zero-order chi connectivity index (χ0) is 27.1. The summed E-state index contributed by atoms with van der Waals surface area (Å²) in [6.07, 6.45) is -2.59. The molecule has 1 aliphatic heterocycles. The van der Waals surface area contributed by atoms with Crippen molar-refractivity contribution in [3.8, 4) is 5.75 Å². The number of hydrogen-bond donors (Lipinski definition) is 3. The van der Waals surface area contributed by atoms with Crippen LogP contribution in [0.2, 0.25) is 0 Å². The Balaban J connectivity index is 1.33. The molecule has 3 N–H and O–H groups in total. The maximum absolute atomic E-state index is 13.5. The summed E-state index contributed by atoms with van der Waals surface area (Å²) >= 11 is 0. The Morgan fingerprint density at radius 1 is 1.05 bits per heavy atom. The second kappa shape index (κ2) is 13.2. The van der Waals surface area contributed by atoms with E-state index in [1.54, 1.807) is 6.20 Å². The van der Waals surface area contributed by atoms with Gasteiger partial charge in [0.25, 0.3) is 0 Å². The van der Waals surface area contributed by atoms with Gasteiger partial charge in [-0.1, -0.05) is 5.21 Å². The molecule has 1 aromatic heterocycles. The monoisotopic (exact) mass is 541 g/mol. The second-order valence-electron chi connectivity index (χ2n) is 7.91. The molecular weight excluding hydrogens is 517 g/mol. The third kappa shape index (κ3) is 7.39. The molecule has 0 bridgehead atoms. The topological polar surface area (TPSA) is 145 Å². The predicted molar refractivity (Wildman–Crippen MR) is 109 cm³/mol. The smallest absolute Gasteiger partial charge is 0.313 e. The van der Waals surface area contributed by atoms with Crippen molar-refractivity contribution in [2.24, 2.45) is 0 Å². The average molecular weight is 541 g/mol. The molecule has 16 heteroatoms. The van der Waals surface area contributed by atoms with E-state index in [0.717, 1.165) is 0 Å². The molecule has 0 amide bonds. The average Bonchev–Trinajstić information content (AvgIpc) is 3.33. The first-order chi connectivity index (χ1) is 17.6. The van der Waals surface area contributed by atoms with Gasteiger partial charge in [-0.15, -0.1) is 5.10 Å². The van der Waals surface area contributed by atoms with Crippen LogP contribution < -0.4 is 4.74 Å². The summed E-state index contributed by atoms with van der Waals surface area (Å²) in [4.78, 5) is 11.7. The molecule has 1 fully saturated rings. The maximum Gasteiger partial charge on any atom is 0.313 e. The summed E-state index contributed by atoms with van der Waals surface area (Å²) in [6, 6.07) is 0. The molecule has 2 aromatic rings. The molecule has 206 valence electrons. The third-order valence-corrected chi connectivity index (χ3v) is 5.26. The van der Waals surface area contributed by atoms with Crippen LogP contribution in [0.1, 0.15) is 18.5 Å². The molecule has 1 aliphatic rings. The van der Waals surface area contributed by atoms with E-state index in [1.165, 1.54) is 4.68 Å². The Kier molecular flexibility index (Phi) is 10.2. The number of ether oxygens (including phenoxy) is 4. The number of benzene rings is 1. The molecule has 2 heterocycles. The van der Waals surface area contributed by atoms with Gasteiger partial charge in [0, 0.05) is 19.0 Å². The Bertz CT molecular complexity index is 1050. The molecule has 37 heavy (non-hydrogen) atoms. The van der Waals surface area contributed by atoms with Gasteiger partial charge < -0.3 is 34.3 Å². The van der Waals surface area contributed by atoms with Crippen molar-refractivity contribution in [2.75, 3.05) is 26.4 Å². The zero-order valence-corrected chi connectivity index (χ0v) is 19.2. The van der Waals surface area contributed by atoms with Crippen LogP contribution in [0, 0.1) is 29.1 Å². The van der Waals surface area contributed by atoms with E-state index in [9.17, 15) is 42.1 Å². The first-order valence-corrected chi connectivity index (χ1v) is 11.0. The van der Waals surface area contributed by atoms with Crippen LogP contribution in [-0.4, -0.2) is 87.3 Å². The summed E-state index contributed by atoms with van der Waals surface area (Å²) < 4.78 is 88.1. The minimum atomic E-state index is -2.36. The number of aromatic nitrogens is 3. The number of aliphatic hydroxyl groups is 3. The fourth-order valence-electron chi connectivity index (χ4n) is 3.29. The quantitative estimate of drug-likeness (QED) is 0.0861. The zero-order valence-electron chi connectivity index (χ0n) is 19.2. The van der Waals surface area contributed by atoms with Crippen LogP contribution in [0.4, 0.5) is 22.0 Å². The number of hydrogen-bond acceptors (Lipinski definition) is 10. The number of aliphatic hydroxyl groups excluding tert-OH is 3. The van der Waals surface area contributed by atoms with Gasteiger partial charge in [-0.05, 0) is 0 Å². The number of halogens is 5. The summed E-state index contributed by atoms with van der Waals surface area (Å²) in [6.45, 7) is -0.310. The fourth-order valence-corrected chi connectivity index (χ4v) is 3.29. The van der Waals surface area contributed by atoms with E-state index in [4.69, 9.17) is 14.2 Å². The highest BCUT2D eigenvalue weighted by molar-refractivity contribution is 5.72. The number of carbonyl (C=O) groups is 1. The Labute approximate surface area is 206 Å². The van der Waals surface area contributed by atoms with Crippen molar-refractivity contribution in [2.45, 2.75) is 50.4 Å². The number of nitrogens with zero attached hydrogens (tertiary/aromatic N) is 3. The Morgan fingerprint density at radius 2 is 1.73 bits per heavy atom. The van der Waals surface area contributed by atoms with Gasteiger partial charge in [-0.3, -0.25) is 4.79 Å². The summed E-state index contributed by atoms with van der Waals surface area (Å²) in [5.41, 5.74) is 0.557. The van der Waals surface area contributed by atoms with Gasteiger partial charge in [0.1, 0.15) is 12.2 Å². The minimum Gasteiger partial charge on any atom is -0.420 e. The van der Waals surface area contributed by atoms with Gasteiger partial charge in [0.15, 0.2) is 6.29 Å². The molecule has 1 aromatic carbocycles. The van der Waals surface area contributed by atoms with E-state index in [2.05, 4.69) is 15.0 Å². The Morgan fingerprint density at radius 3 is 2.41 bits per heavy atom. The normalized spacial score (nSPS) is 21.8. The van der Waals surface area contributed by atoms with Crippen molar-refractivity contribution in [3.63, 3.8) is 0 Å². The van der Waals surface area contributed by atoms with Crippen LogP contribution in [0.25, 0.3) is 0 Å². The molecular formula is C21H24F5N3O8. The highest BCUT2D eigenvalue weighted by Gasteiger charge is 2.36. The summed E-state index contributed by atoms with van der Waals surface area (Å²) in [5, 5.41) is 36.5. The second-order valence-corrected chi connectivity index (χ2v) is 7.91. The van der Waals surface area contributed by atoms with Crippen molar-refractivity contribution < 1.29 is 61.0 Å². The van der Waals surface area contributed by atoms with Gasteiger partial charge >= 0.3 is 5.97 Å². The van der Waals surface area contributed by atoms with E-state index in [-0.39, 0.29) is 32.8 Å². The molecule has 3 rings (SSSR count). The number of carbonyl (C=O) groups excluding carboxylic acids is 1. The minimum absolute atomic E-state index is 0.0385. The van der Waals surface area contributed by atoms with Gasteiger partial charge in [-0.25, -0.2) is 17.9 Å². The number of rotatable bonds is 12. The molecule has 0 spiro atoms. The number of esters is 1.